The van der Waals surface area contributed by atoms with Crippen LogP contribution in [0.3, 0.4) is 0 Å². The predicted octanol–water partition coefficient (Wildman–Crippen LogP) is 2.45. The molecule has 1 aromatic rings. The van der Waals surface area contributed by atoms with Gasteiger partial charge in [-0.3, -0.25) is 4.90 Å². The highest BCUT2D eigenvalue weighted by atomic mass is 35.5. The van der Waals surface area contributed by atoms with Crippen molar-refractivity contribution in [2.45, 2.75) is 31.8 Å². The third-order valence-electron chi connectivity index (χ3n) is 3.78. The van der Waals surface area contributed by atoms with Crippen LogP contribution >= 0.6 is 23.7 Å². The Morgan fingerprint density at radius 3 is 3.19 bits per heavy atom. The molecule has 4 heteroatoms. The van der Waals surface area contributed by atoms with Gasteiger partial charge >= 0.3 is 0 Å². The quantitative estimate of drug-likeness (QED) is 0.833. The maximum Gasteiger partial charge on any atom is 0.0572 e. The van der Waals surface area contributed by atoms with Gasteiger partial charge in [-0.15, -0.1) is 23.7 Å². The molecule has 1 aromatic heterocycles. The second-order valence-electron chi connectivity index (χ2n) is 4.53. The zero-order valence-corrected chi connectivity index (χ0v) is 11.2. The molecule has 0 radical (unpaired) electrons. The second kappa shape index (κ2) is 5.05. The fraction of sp³-hybridized carbons (Fsp3) is 0.667. The van der Waals surface area contributed by atoms with Crippen LogP contribution in [0.15, 0.2) is 11.4 Å². The third-order valence-corrected chi connectivity index (χ3v) is 4.84. The Morgan fingerprint density at radius 2 is 2.38 bits per heavy atom. The molecule has 0 aromatic carbocycles. The van der Waals surface area contributed by atoms with Crippen molar-refractivity contribution < 1.29 is 0 Å². The topological polar surface area (TPSA) is 15.3 Å². The van der Waals surface area contributed by atoms with E-state index < -0.39 is 0 Å². The van der Waals surface area contributed by atoms with Crippen molar-refractivity contribution in [1.29, 1.82) is 0 Å². The Hall–Kier alpha value is -0.0900. The Balaban J connectivity index is 0.000000963. The zero-order valence-electron chi connectivity index (χ0n) is 9.61. The van der Waals surface area contributed by atoms with Gasteiger partial charge in [-0.2, -0.15) is 0 Å². The van der Waals surface area contributed by atoms with Crippen LogP contribution in [0.1, 0.15) is 29.8 Å². The number of thiophene rings is 1. The van der Waals surface area contributed by atoms with Crippen molar-refractivity contribution in [3.63, 3.8) is 0 Å². The van der Waals surface area contributed by atoms with Crippen LogP contribution in [-0.2, 0) is 6.42 Å². The standard InChI is InChI=1S/C12H18N2S.ClH/c1-2-10-7-13-8-11-12-9(4-6-15-12)3-5-14(10)11;/h4,6,10-11,13H,2-3,5,7-8H2,1H3;1H. The molecule has 0 bridgehead atoms. The molecule has 1 N–H and O–H groups in total. The summed E-state index contributed by atoms with van der Waals surface area (Å²) in [5.74, 6) is 0. The minimum atomic E-state index is 0. The minimum absolute atomic E-state index is 0. The van der Waals surface area contributed by atoms with E-state index >= 15 is 0 Å². The number of fused-ring (bicyclic) bond motifs is 3. The number of halogens is 1. The van der Waals surface area contributed by atoms with Crippen molar-refractivity contribution in [1.82, 2.24) is 10.2 Å². The van der Waals surface area contributed by atoms with E-state index in [1.807, 2.05) is 11.3 Å². The summed E-state index contributed by atoms with van der Waals surface area (Å²) in [7, 11) is 0. The summed E-state index contributed by atoms with van der Waals surface area (Å²) in [5, 5.41) is 5.83. The zero-order chi connectivity index (χ0) is 10.3. The molecule has 1 saturated heterocycles. The van der Waals surface area contributed by atoms with Crippen molar-refractivity contribution in [3.8, 4) is 0 Å². The van der Waals surface area contributed by atoms with Gasteiger partial charge in [-0.25, -0.2) is 0 Å². The molecule has 0 aliphatic carbocycles. The lowest BCUT2D eigenvalue weighted by Crippen LogP contribution is -2.54. The lowest BCUT2D eigenvalue weighted by atomic mass is 9.96. The Bertz CT molecular complexity index is 353. The van der Waals surface area contributed by atoms with Gasteiger partial charge in [-0.05, 0) is 29.9 Å². The molecule has 2 unspecified atom stereocenters. The summed E-state index contributed by atoms with van der Waals surface area (Å²) in [4.78, 5) is 4.34. The number of rotatable bonds is 1. The molecule has 2 aliphatic rings. The van der Waals surface area contributed by atoms with E-state index in [0.29, 0.717) is 6.04 Å². The van der Waals surface area contributed by atoms with Crippen LogP contribution in [0.5, 0.6) is 0 Å². The molecule has 0 amide bonds. The van der Waals surface area contributed by atoms with Crippen molar-refractivity contribution in [3.05, 3.63) is 21.9 Å². The third kappa shape index (κ3) is 1.90. The highest BCUT2D eigenvalue weighted by Crippen LogP contribution is 2.36. The van der Waals surface area contributed by atoms with Crippen molar-refractivity contribution >= 4 is 23.7 Å². The number of hydrogen-bond acceptors (Lipinski definition) is 3. The first-order valence-electron chi connectivity index (χ1n) is 5.93. The SMILES string of the molecule is CCC1CNCC2c3sccc3CCN12.Cl. The van der Waals surface area contributed by atoms with Gasteiger partial charge in [0.25, 0.3) is 0 Å². The largest absolute Gasteiger partial charge is 0.313 e. The predicted molar refractivity (Wildman–Crippen MR) is 71.7 cm³/mol. The van der Waals surface area contributed by atoms with Gasteiger partial charge in [0.1, 0.15) is 0 Å². The second-order valence-corrected chi connectivity index (χ2v) is 5.48. The number of piperazine rings is 1. The van der Waals surface area contributed by atoms with Crippen molar-refractivity contribution in [2.75, 3.05) is 19.6 Å². The van der Waals surface area contributed by atoms with Crippen LogP contribution in [0.4, 0.5) is 0 Å². The van der Waals surface area contributed by atoms with Gasteiger partial charge in [0.15, 0.2) is 0 Å². The van der Waals surface area contributed by atoms with E-state index in [1.54, 1.807) is 10.4 Å². The van der Waals surface area contributed by atoms with E-state index in [1.165, 1.54) is 25.9 Å². The summed E-state index contributed by atoms with van der Waals surface area (Å²) in [5.41, 5.74) is 1.60. The van der Waals surface area contributed by atoms with E-state index in [0.717, 1.165) is 12.6 Å². The first-order chi connectivity index (χ1) is 7.40. The summed E-state index contributed by atoms with van der Waals surface area (Å²) in [6.45, 7) is 5.88. The summed E-state index contributed by atoms with van der Waals surface area (Å²) < 4.78 is 0. The number of nitrogens with zero attached hydrogens (tertiary/aromatic N) is 1. The molecule has 16 heavy (non-hydrogen) atoms. The lowest BCUT2D eigenvalue weighted by Gasteiger charge is -2.44. The molecule has 2 aliphatic heterocycles. The molecular weight excluding hydrogens is 240 g/mol. The van der Waals surface area contributed by atoms with Gasteiger partial charge in [0.05, 0.1) is 6.04 Å². The number of hydrogen-bond donors (Lipinski definition) is 1. The molecule has 1 fully saturated rings. The molecule has 2 nitrogen and oxygen atoms in total. The Labute approximate surface area is 107 Å². The van der Waals surface area contributed by atoms with Crippen LogP contribution in [0.25, 0.3) is 0 Å². The van der Waals surface area contributed by atoms with Crippen LogP contribution in [0.2, 0.25) is 0 Å². The van der Waals surface area contributed by atoms with Gasteiger partial charge < -0.3 is 5.32 Å². The first kappa shape index (κ1) is 12.4. The molecule has 0 spiro atoms. The highest BCUT2D eigenvalue weighted by molar-refractivity contribution is 7.10. The molecular formula is C12H19ClN2S. The monoisotopic (exact) mass is 258 g/mol. The summed E-state index contributed by atoms with van der Waals surface area (Å²) in [6, 6.07) is 3.72. The minimum Gasteiger partial charge on any atom is -0.313 e. The smallest absolute Gasteiger partial charge is 0.0572 e. The molecule has 90 valence electrons. The van der Waals surface area contributed by atoms with Gasteiger partial charge in [0.2, 0.25) is 0 Å². The summed E-state index contributed by atoms with van der Waals surface area (Å²) >= 11 is 1.94. The van der Waals surface area contributed by atoms with E-state index in [2.05, 4.69) is 28.6 Å². The summed E-state index contributed by atoms with van der Waals surface area (Å²) in [6.07, 6.45) is 2.52. The van der Waals surface area contributed by atoms with Gasteiger partial charge in [0, 0.05) is 30.6 Å². The normalized spacial score (nSPS) is 29.1. The van der Waals surface area contributed by atoms with Crippen LogP contribution < -0.4 is 5.32 Å². The Morgan fingerprint density at radius 1 is 1.50 bits per heavy atom. The average Bonchev–Trinajstić information content (AvgIpc) is 2.76. The first-order valence-corrected chi connectivity index (χ1v) is 6.81. The molecule has 0 saturated carbocycles. The van der Waals surface area contributed by atoms with E-state index in [-0.39, 0.29) is 12.4 Å². The molecule has 2 atom stereocenters. The fourth-order valence-corrected chi connectivity index (χ4v) is 4.01. The Kier molecular flexibility index (Phi) is 3.90. The van der Waals surface area contributed by atoms with E-state index in [9.17, 15) is 0 Å². The number of nitrogens with one attached hydrogen (secondary N) is 1. The lowest BCUT2D eigenvalue weighted by molar-refractivity contribution is 0.0876. The molecule has 3 rings (SSSR count). The maximum atomic E-state index is 3.58. The molecule has 3 heterocycles. The fourth-order valence-electron chi connectivity index (χ4n) is 2.93. The van der Waals surface area contributed by atoms with Crippen LogP contribution in [-0.4, -0.2) is 30.6 Å². The maximum absolute atomic E-state index is 3.58. The highest BCUT2D eigenvalue weighted by Gasteiger charge is 2.34. The average molecular weight is 259 g/mol. The van der Waals surface area contributed by atoms with E-state index in [4.69, 9.17) is 0 Å². The van der Waals surface area contributed by atoms with Gasteiger partial charge in [-0.1, -0.05) is 6.92 Å². The van der Waals surface area contributed by atoms with Crippen LogP contribution in [0, 0.1) is 0 Å². The van der Waals surface area contributed by atoms with Crippen molar-refractivity contribution in [2.24, 2.45) is 0 Å².